The van der Waals surface area contributed by atoms with Crippen LogP contribution in [0.5, 0.6) is 0 Å². The highest BCUT2D eigenvalue weighted by molar-refractivity contribution is 6.25. The summed E-state index contributed by atoms with van der Waals surface area (Å²) in [6.45, 7) is 0. The first kappa shape index (κ1) is 23.0. The molecule has 3 aliphatic heterocycles. The van der Waals surface area contributed by atoms with Gasteiger partial charge in [-0.05, 0) is 40.1 Å². The van der Waals surface area contributed by atoms with Gasteiger partial charge in [0.15, 0.2) is 5.78 Å². The van der Waals surface area contributed by atoms with Crippen molar-refractivity contribution >= 4 is 45.8 Å². The number of carbonyl (C=O) groups is 3. The van der Waals surface area contributed by atoms with Gasteiger partial charge >= 0.3 is 0 Å². The molecule has 0 bridgehead atoms. The van der Waals surface area contributed by atoms with Gasteiger partial charge in [0.05, 0.1) is 28.5 Å². The largest absolute Gasteiger partial charge is 0.358 e. The molecular weight excluding hydrogens is 494 g/mol. The number of nitro groups is 1. The fraction of sp³-hybridized carbons (Fsp3) is 0.129. The summed E-state index contributed by atoms with van der Waals surface area (Å²) in [5, 5.41) is 13.3. The Balaban J connectivity index is 1.37. The molecule has 4 aromatic rings. The molecule has 2 saturated heterocycles. The maximum Gasteiger partial charge on any atom is 0.270 e. The fourth-order valence-electron chi connectivity index (χ4n) is 6.37. The molecule has 3 heterocycles. The van der Waals surface area contributed by atoms with Crippen molar-refractivity contribution < 1.29 is 19.3 Å². The molecule has 2 amide bonds. The first-order chi connectivity index (χ1) is 18.9. The topological polar surface area (TPSA) is 101 Å². The van der Waals surface area contributed by atoms with E-state index in [4.69, 9.17) is 0 Å². The molecule has 0 aliphatic carbocycles. The number of anilines is 1. The number of non-ortho nitro benzene ring substituents is 1. The lowest BCUT2D eigenvalue weighted by atomic mass is 9.83. The van der Waals surface area contributed by atoms with E-state index in [1.807, 2.05) is 66.7 Å². The van der Waals surface area contributed by atoms with Crippen molar-refractivity contribution in [3.05, 3.63) is 124 Å². The summed E-state index contributed by atoms with van der Waals surface area (Å²) in [5.74, 6) is -2.96. The van der Waals surface area contributed by atoms with E-state index in [-0.39, 0.29) is 17.2 Å². The number of ketones is 1. The Kier molecular flexibility index (Phi) is 5.00. The van der Waals surface area contributed by atoms with Gasteiger partial charge in [0.1, 0.15) is 6.04 Å². The van der Waals surface area contributed by atoms with E-state index in [2.05, 4.69) is 0 Å². The van der Waals surface area contributed by atoms with Gasteiger partial charge in [0.2, 0.25) is 11.8 Å². The van der Waals surface area contributed by atoms with Gasteiger partial charge < -0.3 is 4.90 Å². The van der Waals surface area contributed by atoms with E-state index in [0.717, 1.165) is 21.9 Å². The van der Waals surface area contributed by atoms with Crippen molar-refractivity contribution in [1.82, 2.24) is 4.90 Å². The zero-order chi connectivity index (χ0) is 26.8. The van der Waals surface area contributed by atoms with E-state index in [1.54, 1.807) is 17.2 Å². The highest BCUT2D eigenvalue weighted by atomic mass is 16.6. The number of carbonyl (C=O) groups excluding carboxylic acids is 3. The van der Waals surface area contributed by atoms with E-state index in [0.29, 0.717) is 5.69 Å². The molecule has 0 radical (unpaired) electrons. The van der Waals surface area contributed by atoms with Crippen LogP contribution in [-0.2, 0) is 9.59 Å². The minimum absolute atomic E-state index is 0.130. The summed E-state index contributed by atoms with van der Waals surface area (Å²) in [5.41, 5.74) is 2.17. The van der Waals surface area contributed by atoms with Crippen LogP contribution in [0.2, 0.25) is 0 Å². The van der Waals surface area contributed by atoms with Crippen molar-refractivity contribution in [2.45, 2.75) is 12.1 Å². The van der Waals surface area contributed by atoms with Crippen molar-refractivity contribution in [2.24, 2.45) is 11.8 Å². The summed E-state index contributed by atoms with van der Waals surface area (Å²) in [4.78, 5) is 56.1. The number of benzene rings is 4. The van der Waals surface area contributed by atoms with Gasteiger partial charge in [0, 0.05) is 23.9 Å². The molecule has 7 rings (SSSR count). The van der Waals surface area contributed by atoms with Gasteiger partial charge in [-0.15, -0.1) is 0 Å². The molecule has 190 valence electrons. The zero-order valence-corrected chi connectivity index (χ0v) is 20.5. The first-order valence-corrected chi connectivity index (χ1v) is 12.6. The summed E-state index contributed by atoms with van der Waals surface area (Å²) in [6.07, 6.45) is 3.64. The van der Waals surface area contributed by atoms with Gasteiger partial charge in [-0.2, -0.15) is 0 Å². The third-order valence-corrected chi connectivity index (χ3v) is 8.06. The lowest BCUT2D eigenvalue weighted by molar-refractivity contribution is -0.384. The number of nitrogens with zero attached hydrogens (tertiary/aromatic N) is 3. The predicted octanol–water partition coefficient (Wildman–Crippen LogP) is 5.15. The Bertz CT molecular complexity index is 1760. The molecule has 0 unspecified atom stereocenters. The third-order valence-electron chi connectivity index (χ3n) is 8.06. The van der Waals surface area contributed by atoms with E-state index in [9.17, 15) is 24.5 Å². The summed E-state index contributed by atoms with van der Waals surface area (Å²) in [6, 6.07) is 24.8. The zero-order valence-electron chi connectivity index (χ0n) is 20.5. The standard InChI is InChI=1S/C31H21N3O5/c35-29(21-9-5-10-23(17-21)34(38)39)28-26-25(27-24-11-4-3-7-19(24)14-15-32(27)28)30(36)33(31(26)37)22-13-12-18-6-1-2-8-20(18)16-22/h1-17,25-28H/t25-,26+,27+,28-/m0/s1. The number of hydrogen-bond acceptors (Lipinski definition) is 6. The highest BCUT2D eigenvalue weighted by Gasteiger charge is 2.64. The van der Waals surface area contributed by atoms with Gasteiger partial charge in [-0.1, -0.05) is 66.7 Å². The average molecular weight is 516 g/mol. The second-order valence-electron chi connectivity index (χ2n) is 10.0. The molecule has 4 aromatic carbocycles. The number of fused-ring (bicyclic) bond motifs is 6. The summed E-state index contributed by atoms with van der Waals surface area (Å²) in [7, 11) is 0. The molecule has 2 fully saturated rings. The van der Waals surface area contributed by atoms with Crippen LogP contribution in [0.25, 0.3) is 16.8 Å². The highest BCUT2D eigenvalue weighted by Crippen LogP contribution is 2.53. The van der Waals surface area contributed by atoms with E-state index in [1.165, 1.54) is 29.2 Å². The molecule has 0 aromatic heterocycles. The maximum absolute atomic E-state index is 14.1. The second-order valence-corrected chi connectivity index (χ2v) is 10.0. The third kappa shape index (κ3) is 3.34. The Hall–Kier alpha value is -5.11. The normalized spacial score (nSPS) is 23.1. The van der Waals surface area contributed by atoms with E-state index >= 15 is 0 Å². The molecule has 0 spiro atoms. The van der Waals surface area contributed by atoms with Gasteiger partial charge in [-0.3, -0.25) is 24.5 Å². The van der Waals surface area contributed by atoms with E-state index < -0.39 is 40.5 Å². The maximum atomic E-state index is 14.1. The fourth-order valence-corrected chi connectivity index (χ4v) is 6.37. The lowest BCUT2D eigenvalue weighted by Gasteiger charge is -2.35. The van der Waals surface area contributed by atoms with Crippen LogP contribution >= 0.6 is 0 Å². The van der Waals surface area contributed by atoms with Crippen LogP contribution in [0, 0.1) is 22.0 Å². The monoisotopic (exact) mass is 515 g/mol. The first-order valence-electron chi connectivity index (χ1n) is 12.6. The molecule has 0 saturated carbocycles. The minimum atomic E-state index is -0.992. The van der Waals surface area contributed by atoms with Gasteiger partial charge in [-0.25, -0.2) is 4.90 Å². The minimum Gasteiger partial charge on any atom is -0.358 e. The van der Waals surface area contributed by atoms with Crippen molar-refractivity contribution in [3.63, 3.8) is 0 Å². The Labute approximate surface area is 222 Å². The molecule has 39 heavy (non-hydrogen) atoms. The number of nitro benzene ring substituents is 1. The van der Waals surface area contributed by atoms with Gasteiger partial charge in [0.25, 0.3) is 5.69 Å². The van der Waals surface area contributed by atoms with Crippen molar-refractivity contribution in [3.8, 4) is 0 Å². The van der Waals surface area contributed by atoms with Crippen molar-refractivity contribution in [2.75, 3.05) is 4.90 Å². The number of Topliss-reactive ketones (excluding diaryl/α,β-unsaturated/α-hetero) is 1. The lowest BCUT2D eigenvalue weighted by Crippen LogP contribution is -2.44. The molecule has 4 atom stereocenters. The average Bonchev–Trinajstić information content (AvgIpc) is 3.44. The van der Waals surface area contributed by atoms with Crippen LogP contribution < -0.4 is 4.90 Å². The molecule has 8 nitrogen and oxygen atoms in total. The smallest absolute Gasteiger partial charge is 0.270 e. The number of rotatable bonds is 4. The van der Waals surface area contributed by atoms with Crippen LogP contribution in [-0.4, -0.2) is 33.5 Å². The number of amides is 2. The summed E-state index contributed by atoms with van der Waals surface area (Å²) >= 11 is 0. The summed E-state index contributed by atoms with van der Waals surface area (Å²) < 4.78 is 0. The SMILES string of the molecule is O=C(c1cccc([N+](=O)[O-])c1)[C@@H]1[C@@H]2C(=O)N(c3ccc4ccccc4c3)C(=O)[C@@H]2[C@H]2c3ccccc3C=CN12. The molecule has 3 aliphatic rings. The Morgan fingerprint density at radius 3 is 2.36 bits per heavy atom. The Morgan fingerprint density at radius 1 is 0.795 bits per heavy atom. The number of imide groups is 1. The van der Waals surface area contributed by atoms with Crippen molar-refractivity contribution in [1.29, 1.82) is 0 Å². The number of hydrogen-bond donors (Lipinski definition) is 0. The predicted molar refractivity (Wildman–Crippen MR) is 145 cm³/mol. The quantitative estimate of drug-likeness (QED) is 0.161. The second kappa shape index (κ2) is 8.46. The van der Waals surface area contributed by atoms with Crippen LogP contribution in [0.1, 0.15) is 27.5 Å². The molecule has 8 heteroatoms. The van der Waals surface area contributed by atoms with Crippen LogP contribution in [0.4, 0.5) is 11.4 Å². The molecule has 0 N–H and O–H groups in total. The Morgan fingerprint density at radius 2 is 1.54 bits per heavy atom. The van der Waals surface area contributed by atoms with Crippen LogP contribution in [0.3, 0.4) is 0 Å². The van der Waals surface area contributed by atoms with Crippen LogP contribution in [0.15, 0.2) is 97.2 Å². The molecular formula is C31H21N3O5.